The maximum absolute atomic E-state index is 12.2. The van der Waals surface area contributed by atoms with E-state index in [1.807, 2.05) is 61.5 Å². The van der Waals surface area contributed by atoms with Crippen LogP contribution >= 0.6 is 23.2 Å². The van der Waals surface area contributed by atoms with Crippen LogP contribution in [-0.4, -0.2) is 27.8 Å². The van der Waals surface area contributed by atoms with Crippen LogP contribution in [0.2, 0.25) is 10.0 Å². The highest BCUT2D eigenvalue weighted by Crippen LogP contribution is 2.25. The molecule has 0 atom stereocenters. The first-order valence-corrected chi connectivity index (χ1v) is 11.0. The highest BCUT2D eigenvalue weighted by molar-refractivity contribution is 6.42. The molecule has 2 amide bonds. The van der Waals surface area contributed by atoms with Crippen LogP contribution in [0.25, 0.3) is 16.9 Å². The van der Waals surface area contributed by atoms with E-state index in [4.69, 9.17) is 28.3 Å². The zero-order chi connectivity index (χ0) is 24.1. The number of carbonyl (C=O) groups excluding carboxylic acids is 2. The maximum atomic E-state index is 12.2. The average molecular weight is 492 g/mol. The molecule has 34 heavy (non-hydrogen) atoms. The second-order valence-corrected chi connectivity index (χ2v) is 8.20. The molecule has 1 heterocycles. The molecule has 0 aliphatic heterocycles. The van der Waals surface area contributed by atoms with Gasteiger partial charge in [-0.1, -0.05) is 71.2 Å². The van der Waals surface area contributed by atoms with Crippen LogP contribution in [0, 0.1) is 6.92 Å². The fourth-order valence-electron chi connectivity index (χ4n) is 3.11. The van der Waals surface area contributed by atoms with E-state index in [1.54, 1.807) is 16.9 Å². The molecule has 0 fully saturated rings. The number of anilines is 1. The SMILES string of the molecule is Cc1ccc(-c2nn(-c3ccccc3)cc2/C=N/NC(=O)C(=O)Nc2cc(Cl)ccc2Cl)cc1. The Morgan fingerprint density at radius 1 is 0.971 bits per heavy atom. The minimum absolute atomic E-state index is 0.226. The summed E-state index contributed by atoms with van der Waals surface area (Å²) in [5.41, 5.74) is 6.68. The van der Waals surface area contributed by atoms with Gasteiger partial charge in [0, 0.05) is 22.3 Å². The number of aromatic nitrogens is 2. The fraction of sp³-hybridized carbons (Fsp3) is 0.0400. The van der Waals surface area contributed by atoms with Gasteiger partial charge in [-0.05, 0) is 37.3 Å². The van der Waals surface area contributed by atoms with Gasteiger partial charge in [-0.2, -0.15) is 10.2 Å². The molecule has 9 heteroatoms. The lowest BCUT2D eigenvalue weighted by atomic mass is 10.1. The number of para-hydroxylation sites is 1. The van der Waals surface area contributed by atoms with Crippen molar-refractivity contribution in [3.05, 3.63) is 100 Å². The summed E-state index contributed by atoms with van der Waals surface area (Å²) < 4.78 is 1.73. The van der Waals surface area contributed by atoms with Gasteiger partial charge in [0.1, 0.15) is 5.69 Å². The molecular weight excluding hydrogens is 473 g/mol. The quantitative estimate of drug-likeness (QED) is 0.227. The molecule has 0 aliphatic rings. The number of nitrogens with one attached hydrogen (secondary N) is 2. The predicted molar refractivity (Wildman–Crippen MR) is 135 cm³/mol. The average Bonchev–Trinajstić information content (AvgIpc) is 3.26. The first kappa shape index (κ1) is 23.2. The summed E-state index contributed by atoms with van der Waals surface area (Å²) in [6.45, 7) is 2.01. The van der Waals surface area contributed by atoms with E-state index in [-0.39, 0.29) is 10.7 Å². The van der Waals surface area contributed by atoms with E-state index in [0.29, 0.717) is 16.3 Å². The van der Waals surface area contributed by atoms with Crippen LogP contribution in [0.3, 0.4) is 0 Å². The minimum atomic E-state index is -0.959. The number of halogens is 2. The Morgan fingerprint density at radius 2 is 1.71 bits per heavy atom. The Kier molecular flexibility index (Phi) is 7.06. The molecule has 1 aromatic heterocycles. The van der Waals surface area contributed by atoms with Crippen LogP contribution in [0.5, 0.6) is 0 Å². The van der Waals surface area contributed by atoms with Gasteiger partial charge in [-0.15, -0.1) is 0 Å². The fourth-order valence-corrected chi connectivity index (χ4v) is 3.45. The summed E-state index contributed by atoms with van der Waals surface area (Å²) in [5, 5.41) is 11.7. The van der Waals surface area contributed by atoms with Gasteiger partial charge < -0.3 is 5.32 Å². The van der Waals surface area contributed by atoms with E-state index >= 15 is 0 Å². The lowest BCUT2D eigenvalue weighted by Gasteiger charge is -2.06. The number of benzene rings is 3. The van der Waals surface area contributed by atoms with Gasteiger partial charge in [0.05, 0.1) is 22.6 Å². The number of hydrogen-bond acceptors (Lipinski definition) is 4. The molecule has 170 valence electrons. The Bertz CT molecular complexity index is 1370. The van der Waals surface area contributed by atoms with E-state index in [0.717, 1.165) is 16.8 Å². The van der Waals surface area contributed by atoms with Crippen LogP contribution in [0.15, 0.2) is 84.1 Å². The van der Waals surface area contributed by atoms with E-state index in [1.165, 1.54) is 18.3 Å². The number of aryl methyl sites for hydroxylation is 1. The largest absolute Gasteiger partial charge is 0.329 e. The third kappa shape index (κ3) is 5.51. The molecule has 4 rings (SSSR count). The molecule has 0 saturated carbocycles. The second kappa shape index (κ2) is 10.3. The van der Waals surface area contributed by atoms with E-state index < -0.39 is 11.8 Å². The van der Waals surface area contributed by atoms with E-state index in [9.17, 15) is 9.59 Å². The smallest absolute Gasteiger partial charge is 0.316 e. The molecular formula is C25H19Cl2N5O2. The van der Waals surface area contributed by atoms with Crippen molar-refractivity contribution >= 4 is 46.9 Å². The first-order valence-electron chi connectivity index (χ1n) is 10.2. The van der Waals surface area contributed by atoms with Crippen molar-refractivity contribution in [2.45, 2.75) is 6.92 Å². The van der Waals surface area contributed by atoms with Crippen molar-refractivity contribution in [3.8, 4) is 16.9 Å². The molecule has 0 radical (unpaired) electrons. The normalized spacial score (nSPS) is 10.9. The van der Waals surface area contributed by atoms with Gasteiger partial charge in [0.2, 0.25) is 0 Å². The summed E-state index contributed by atoms with van der Waals surface area (Å²) in [5.74, 6) is -1.89. The van der Waals surface area contributed by atoms with Gasteiger partial charge in [0.15, 0.2) is 0 Å². The monoisotopic (exact) mass is 491 g/mol. The zero-order valence-corrected chi connectivity index (χ0v) is 19.5. The molecule has 0 unspecified atom stereocenters. The molecule has 0 aliphatic carbocycles. The third-order valence-electron chi connectivity index (χ3n) is 4.84. The third-order valence-corrected chi connectivity index (χ3v) is 5.41. The molecule has 7 nitrogen and oxygen atoms in total. The molecule has 3 aromatic carbocycles. The van der Waals surface area contributed by atoms with E-state index in [2.05, 4.69) is 15.8 Å². The summed E-state index contributed by atoms with van der Waals surface area (Å²) in [6, 6.07) is 22.1. The standard InChI is InChI=1S/C25H19Cl2N5O2/c1-16-7-9-17(10-8-16)23-18(15-32(31-23)20-5-3-2-4-6-20)14-28-30-25(34)24(33)29-22-13-19(26)11-12-21(22)27/h2-15H,1H3,(H,29,33)(H,30,34)/b28-14+. The number of hydrogen-bond donors (Lipinski definition) is 2. The van der Waals surface area contributed by atoms with Crippen LogP contribution in [0.1, 0.15) is 11.1 Å². The number of amides is 2. The topological polar surface area (TPSA) is 88.4 Å². The minimum Gasteiger partial charge on any atom is -0.316 e. The first-order chi connectivity index (χ1) is 16.4. The molecule has 0 saturated heterocycles. The molecule has 4 aromatic rings. The van der Waals surface area contributed by atoms with Gasteiger partial charge in [-0.25, -0.2) is 10.1 Å². The van der Waals surface area contributed by atoms with Gasteiger partial charge in [0.25, 0.3) is 0 Å². The van der Waals surface area contributed by atoms with Crippen molar-refractivity contribution in [1.82, 2.24) is 15.2 Å². The van der Waals surface area contributed by atoms with Crippen LogP contribution in [-0.2, 0) is 9.59 Å². The lowest BCUT2D eigenvalue weighted by molar-refractivity contribution is -0.136. The molecule has 0 bridgehead atoms. The number of hydrazone groups is 1. The molecule has 0 spiro atoms. The summed E-state index contributed by atoms with van der Waals surface area (Å²) in [4.78, 5) is 24.4. The highest BCUT2D eigenvalue weighted by atomic mass is 35.5. The van der Waals surface area contributed by atoms with Crippen LogP contribution < -0.4 is 10.7 Å². The zero-order valence-electron chi connectivity index (χ0n) is 18.0. The Morgan fingerprint density at radius 3 is 2.44 bits per heavy atom. The van der Waals surface area contributed by atoms with Crippen molar-refractivity contribution in [2.75, 3.05) is 5.32 Å². The Hall–Kier alpha value is -3.94. The Labute approximate surface area is 206 Å². The highest BCUT2D eigenvalue weighted by Gasteiger charge is 2.16. The van der Waals surface area contributed by atoms with Gasteiger partial charge >= 0.3 is 11.8 Å². The van der Waals surface area contributed by atoms with Crippen molar-refractivity contribution in [3.63, 3.8) is 0 Å². The lowest BCUT2D eigenvalue weighted by Crippen LogP contribution is -2.32. The van der Waals surface area contributed by atoms with Crippen molar-refractivity contribution < 1.29 is 9.59 Å². The van der Waals surface area contributed by atoms with Crippen molar-refractivity contribution in [1.29, 1.82) is 0 Å². The van der Waals surface area contributed by atoms with Crippen LogP contribution in [0.4, 0.5) is 5.69 Å². The van der Waals surface area contributed by atoms with Gasteiger partial charge in [-0.3, -0.25) is 9.59 Å². The van der Waals surface area contributed by atoms with Crippen molar-refractivity contribution in [2.24, 2.45) is 5.10 Å². The number of carbonyl (C=O) groups is 2. The summed E-state index contributed by atoms with van der Waals surface area (Å²) in [7, 11) is 0. The number of nitrogens with zero attached hydrogens (tertiary/aromatic N) is 3. The summed E-state index contributed by atoms with van der Waals surface area (Å²) in [6.07, 6.45) is 3.24. The second-order valence-electron chi connectivity index (χ2n) is 7.36. The summed E-state index contributed by atoms with van der Waals surface area (Å²) >= 11 is 11.9. The Balaban J connectivity index is 1.54. The predicted octanol–water partition coefficient (Wildman–Crippen LogP) is 5.24. The molecule has 2 N–H and O–H groups in total. The number of rotatable bonds is 5. The maximum Gasteiger partial charge on any atom is 0.329 e.